The molecule has 0 fully saturated rings. The fourth-order valence-corrected chi connectivity index (χ4v) is 1.68. The SMILES string of the molecule is COc1cccc(C(N)=O)c1C(C)(C)C. The molecular weight excluding hydrogens is 190 g/mol. The predicted octanol–water partition coefficient (Wildman–Crippen LogP) is 2.09. The second kappa shape index (κ2) is 3.93. The monoisotopic (exact) mass is 207 g/mol. The molecule has 0 saturated carbocycles. The Morgan fingerprint density at radius 2 is 1.93 bits per heavy atom. The van der Waals surface area contributed by atoms with Gasteiger partial charge in [-0.2, -0.15) is 0 Å². The topological polar surface area (TPSA) is 52.3 Å². The van der Waals surface area contributed by atoms with E-state index in [2.05, 4.69) is 0 Å². The smallest absolute Gasteiger partial charge is 0.249 e. The zero-order chi connectivity index (χ0) is 11.6. The van der Waals surface area contributed by atoms with Crippen LogP contribution in [0.25, 0.3) is 0 Å². The summed E-state index contributed by atoms with van der Waals surface area (Å²) in [6, 6.07) is 5.34. The molecule has 0 aromatic heterocycles. The van der Waals surface area contributed by atoms with Gasteiger partial charge in [-0.05, 0) is 17.5 Å². The number of carbonyl (C=O) groups excluding carboxylic acids is 1. The number of amides is 1. The van der Waals surface area contributed by atoms with Crippen LogP contribution in [-0.4, -0.2) is 13.0 Å². The normalized spacial score (nSPS) is 11.2. The molecule has 0 unspecified atom stereocenters. The number of rotatable bonds is 2. The van der Waals surface area contributed by atoms with Gasteiger partial charge in [-0.1, -0.05) is 26.8 Å². The van der Waals surface area contributed by atoms with Gasteiger partial charge in [-0.15, -0.1) is 0 Å². The van der Waals surface area contributed by atoms with Crippen molar-refractivity contribution in [2.24, 2.45) is 5.73 Å². The van der Waals surface area contributed by atoms with Gasteiger partial charge in [0.2, 0.25) is 5.91 Å². The van der Waals surface area contributed by atoms with Gasteiger partial charge in [0.05, 0.1) is 7.11 Å². The Balaban J connectivity index is 3.47. The van der Waals surface area contributed by atoms with Gasteiger partial charge < -0.3 is 10.5 Å². The molecule has 3 nitrogen and oxygen atoms in total. The Morgan fingerprint density at radius 1 is 1.33 bits per heavy atom. The number of ether oxygens (including phenoxy) is 1. The number of carbonyl (C=O) groups is 1. The van der Waals surface area contributed by atoms with Crippen molar-refractivity contribution in [3.63, 3.8) is 0 Å². The van der Waals surface area contributed by atoms with Gasteiger partial charge in [0.25, 0.3) is 0 Å². The molecule has 0 aliphatic heterocycles. The summed E-state index contributed by atoms with van der Waals surface area (Å²) >= 11 is 0. The van der Waals surface area contributed by atoms with Crippen LogP contribution in [0, 0.1) is 0 Å². The van der Waals surface area contributed by atoms with Crippen LogP contribution in [-0.2, 0) is 5.41 Å². The number of benzene rings is 1. The van der Waals surface area contributed by atoms with Gasteiger partial charge >= 0.3 is 0 Å². The Bertz CT molecular complexity index is 378. The van der Waals surface area contributed by atoms with E-state index in [-0.39, 0.29) is 5.41 Å². The molecule has 0 aliphatic carbocycles. The molecular formula is C12H17NO2. The number of hydrogen-bond donors (Lipinski definition) is 1. The summed E-state index contributed by atoms with van der Waals surface area (Å²) in [5, 5.41) is 0. The van der Waals surface area contributed by atoms with Crippen molar-refractivity contribution >= 4 is 5.91 Å². The highest BCUT2D eigenvalue weighted by Crippen LogP contribution is 2.33. The number of nitrogens with two attached hydrogens (primary N) is 1. The third-order valence-corrected chi connectivity index (χ3v) is 2.26. The van der Waals surface area contributed by atoms with Gasteiger partial charge in [0, 0.05) is 11.1 Å². The average Bonchev–Trinajstić information content (AvgIpc) is 2.15. The molecule has 1 aromatic carbocycles. The fraction of sp³-hybridized carbons (Fsp3) is 0.417. The van der Waals surface area contributed by atoms with Crippen LogP contribution in [0.2, 0.25) is 0 Å². The number of primary amides is 1. The zero-order valence-corrected chi connectivity index (χ0v) is 9.63. The zero-order valence-electron chi connectivity index (χ0n) is 9.63. The molecule has 2 N–H and O–H groups in total. The fourth-order valence-electron chi connectivity index (χ4n) is 1.68. The standard InChI is InChI=1S/C12H17NO2/c1-12(2,3)10-8(11(13)14)6-5-7-9(10)15-4/h5-7H,1-4H3,(H2,13,14). The van der Waals surface area contributed by atoms with Crippen LogP contribution in [0.15, 0.2) is 18.2 Å². The summed E-state index contributed by atoms with van der Waals surface area (Å²) in [6.45, 7) is 6.08. The Hall–Kier alpha value is -1.51. The van der Waals surface area contributed by atoms with Crippen molar-refractivity contribution in [3.05, 3.63) is 29.3 Å². The van der Waals surface area contributed by atoms with E-state index in [1.165, 1.54) is 0 Å². The second-order valence-electron chi connectivity index (χ2n) is 4.50. The third-order valence-electron chi connectivity index (χ3n) is 2.26. The first kappa shape index (κ1) is 11.6. The van der Waals surface area contributed by atoms with Crippen molar-refractivity contribution in [3.8, 4) is 5.75 Å². The quantitative estimate of drug-likeness (QED) is 0.807. The predicted molar refractivity (Wildman–Crippen MR) is 60.2 cm³/mol. The van der Waals surface area contributed by atoms with E-state index in [0.717, 1.165) is 5.56 Å². The molecule has 1 rings (SSSR count). The van der Waals surface area contributed by atoms with Gasteiger partial charge in [-0.25, -0.2) is 0 Å². The average molecular weight is 207 g/mol. The van der Waals surface area contributed by atoms with Crippen LogP contribution in [0.3, 0.4) is 0 Å². The van der Waals surface area contributed by atoms with Crippen molar-refractivity contribution in [1.82, 2.24) is 0 Å². The molecule has 1 aromatic rings. The van der Waals surface area contributed by atoms with Crippen LogP contribution >= 0.6 is 0 Å². The van der Waals surface area contributed by atoms with Crippen LogP contribution in [0.5, 0.6) is 5.75 Å². The molecule has 3 heteroatoms. The second-order valence-corrected chi connectivity index (χ2v) is 4.50. The number of hydrogen-bond acceptors (Lipinski definition) is 2. The van der Waals surface area contributed by atoms with Crippen molar-refractivity contribution < 1.29 is 9.53 Å². The Kier molecular flexibility index (Phi) is 3.03. The van der Waals surface area contributed by atoms with E-state index in [1.54, 1.807) is 19.2 Å². The molecule has 0 bridgehead atoms. The van der Waals surface area contributed by atoms with E-state index in [4.69, 9.17) is 10.5 Å². The minimum Gasteiger partial charge on any atom is -0.496 e. The minimum atomic E-state index is -0.418. The molecule has 0 saturated heterocycles. The summed E-state index contributed by atoms with van der Waals surface area (Å²) in [6.07, 6.45) is 0. The summed E-state index contributed by atoms with van der Waals surface area (Å²) in [4.78, 5) is 11.3. The van der Waals surface area contributed by atoms with Crippen LogP contribution < -0.4 is 10.5 Å². The highest BCUT2D eigenvalue weighted by atomic mass is 16.5. The van der Waals surface area contributed by atoms with E-state index in [9.17, 15) is 4.79 Å². The van der Waals surface area contributed by atoms with Crippen molar-refractivity contribution in [1.29, 1.82) is 0 Å². The minimum absolute atomic E-state index is 0.170. The maximum atomic E-state index is 11.3. The molecule has 1 amide bonds. The molecule has 0 spiro atoms. The highest BCUT2D eigenvalue weighted by Gasteiger charge is 2.24. The number of methoxy groups -OCH3 is 1. The lowest BCUT2D eigenvalue weighted by molar-refractivity contribution is 0.0997. The molecule has 15 heavy (non-hydrogen) atoms. The van der Waals surface area contributed by atoms with Gasteiger partial charge in [0.15, 0.2) is 0 Å². The summed E-state index contributed by atoms with van der Waals surface area (Å²) in [7, 11) is 1.59. The lowest BCUT2D eigenvalue weighted by atomic mass is 9.83. The van der Waals surface area contributed by atoms with Crippen LogP contribution in [0.1, 0.15) is 36.7 Å². The summed E-state index contributed by atoms with van der Waals surface area (Å²) in [5.41, 5.74) is 6.56. The van der Waals surface area contributed by atoms with Gasteiger partial charge in [0.1, 0.15) is 5.75 Å². The first-order chi connectivity index (χ1) is 6.88. The Morgan fingerprint density at radius 3 is 2.33 bits per heavy atom. The first-order valence-corrected chi connectivity index (χ1v) is 4.85. The summed E-state index contributed by atoms with van der Waals surface area (Å²) in [5.74, 6) is 0.289. The molecule has 0 radical (unpaired) electrons. The van der Waals surface area contributed by atoms with Crippen molar-refractivity contribution in [2.45, 2.75) is 26.2 Å². The van der Waals surface area contributed by atoms with E-state index >= 15 is 0 Å². The molecule has 82 valence electrons. The van der Waals surface area contributed by atoms with E-state index in [1.807, 2.05) is 26.8 Å². The molecule has 0 aliphatic rings. The summed E-state index contributed by atoms with van der Waals surface area (Å²) < 4.78 is 5.25. The largest absolute Gasteiger partial charge is 0.496 e. The first-order valence-electron chi connectivity index (χ1n) is 4.85. The van der Waals surface area contributed by atoms with Crippen molar-refractivity contribution in [2.75, 3.05) is 7.11 Å². The van der Waals surface area contributed by atoms with E-state index < -0.39 is 5.91 Å². The molecule has 0 heterocycles. The molecule has 0 atom stereocenters. The Labute approximate surface area is 90.2 Å². The maximum absolute atomic E-state index is 11.3. The maximum Gasteiger partial charge on any atom is 0.249 e. The van der Waals surface area contributed by atoms with Gasteiger partial charge in [-0.3, -0.25) is 4.79 Å². The van der Waals surface area contributed by atoms with E-state index in [0.29, 0.717) is 11.3 Å². The lowest BCUT2D eigenvalue weighted by Crippen LogP contribution is -2.22. The van der Waals surface area contributed by atoms with Crippen LogP contribution in [0.4, 0.5) is 0 Å². The highest BCUT2D eigenvalue weighted by molar-refractivity contribution is 5.95. The lowest BCUT2D eigenvalue weighted by Gasteiger charge is -2.24. The third kappa shape index (κ3) is 2.29.